The molecule has 0 saturated carbocycles. The second kappa shape index (κ2) is 7.55. The van der Waals surface area contributed by atoms with Crippen LogP contribution in [-0.4, -0.2) is 38.8 Å². The third kappa shape index (κ3) is 3.62. The van der Waals surface area contributed by atoms with E-state index in [1.807, 2.05) is 26.8 Å². The van der Waals surface area contributed by atoms with Crippen molar-refractivity contribution in [2.24, 2.45) is 0 Å². The SMILES string of the molecule is COc1cccc(F)c1C(c1nnnn1C(C)(C)C)N1CCc2ccccc2C1. The van der Waals surface area contributed by atoms with E-state index in [2.05, 4.69) is 38.6 Å². The first-order valence-corrected chi connectivity index (χ1v) is 9.82. The average Bonchev–Trinajstić information content (AvgIpc) is 3.19. The minimum Gasteiger partial charge on any atom is -0.496 e. The number of fused-ring (bicyclic) bond motifs is 1. The third-order valence-electron chi connectivity index (χ3n) is 5.41. The number of hydrogen-bond acceptors (Lipinski definition) is 5. The Morgan fingerprint density at radius 3 is 2.55 bits per heavy atom. The lowest BCUT2D eigenvalue weighted by Crippen LogP contribution is -2.38. The van der Waals surface area contributed by atoms with Gasteiger partial charge in [0.25, 0.3) is 0 Å². The van der Waals surface area contributed by atoms with Crippen molar-refractivity contribution in [2.75, 3.05) is 13.7 Å². The van der Waals surface area contributed by atoms with Gasteiger partial charge in [-0.3, -0.25) is 4.90 Å². The zero-order valence-electron chi connectivity index (χ0n) is 17.3. The molecule has 1 aromatic heterocycles. The Labute approximate surface area is 170 Å². The predicted octanol–water partition coefficient (Wildman–Crippen LogP) is 3.72. The van der Waals surface area contributed by atoms with Gasteiger partial charge in [-0.2, -0.15) is 0 Å². The minimum atomic E-state index is -0.464. The van der Waals surface area contributed by atoms with Gasteiger partial charge >= 0.3 is 0 Å². The molecule has 4 rings (SSSR count). The van der Waals surface area contributed by atoms with Gasteiger partial charge in [-0.1, -0.05) is 30.3 Å². The monoisotopic (exact) mass is 395 g/mol. The Morgan fingerprint density at radius 1 is 1.07 bits per heavy atom. The quantitative estimate of drug-likeness (QED) is 0.674. The summed E-state index contributed by atoms with van der Waals surface area (Å²) in [6, 6.07) is 12.8. The van der Waals surface area contributed by atoms with Crippen LogP contribution < -0.4 is 4.74 Å². The van der Waals surface area contributed by atoms with Crippen LogP contribution in [0.4, 0.5) is 4.39 Å². The minimum absolute atomic E-state index is 0.323. The van der Waals surface area contributed by atoms with Crippen molar-refractivity contribution in [3.8, 4) is 5.75 Å². The zero-order valence-corrected chi connectivity index (χ0v) is 17.3. The molecule has 1 atom stereocenters. The summed E-state index contributed by atoms with van der Waals surface area (Å²) in [7, 11) is 1.56. The number of methoxy groups -OCH3 is 1. The van der Waals surface area contributed by atoms with Gasteiger partial charge in [-0.05, 0) is 60.9 Å². The lowest BCUT2D eigenvalue weighted by atomic mass is 9.95. The van der Waals surface area contributed by atoms with Gasteiger partial charge in [0.1, 0.15) is 17.6 Å². The first-order chi connectivity index (χ1) is 13.9. The number of tetrazole rings is 1. The van der Waals surface area contributed by atoms with Gasteiger partial charge in [0, 0.05) is 13.1 Å². The molecule has 0 fully saturated rings. The van der Waals surface area contributed by atoms with Gasteiger partial charge in [0.05, 0.1) is 18.2 Å². The Hall–Kier alpha value is -2.80. The molecule has 0 N–H and O–H groups in total. The molecule has 29 heavy (non-hydrogen) atoms. The van der Waals surface area contributed by atoms with Crippen LogP contribution in [0.15, 0.2) is 42.5 Å². The molecule has 6 nitrogen and oxygen atoms in total. The van der Waals surface area contributed by atoms with E-state index in [1.54, 1.807) is 23.9 Å². The van der Waals surface area contributed by atoms with Gasteiger partial charge in [-0.15, -0.1) is 5.10 Å². The van der Waals surface area contributed by atoms with Crippen LogP contribution in [0.25, 0.3) is 0 Å². The van der Waals surface area contributed by atoms with Crippen molar-refractivity contribution < 1.29 is 9.13 Å². The van der Waals surface area contributed by atoms with Crippen LogP contribution in [0.2, 0.25) is 0 Å². The van der Waals surface area contributed by atoms with E-state index in [0.29, 0.717) is 23.7 Å². The molecule has 152 valence electrons. The summed E-state index contributed by atoms with van der Waals surface area (Å²) in [5, 5.41) is 12.5. The Bertz CT molecular complexity index is 1010. The first-order valence-electron chi connectivity index (χ1n) is 9.82. The fraction of sp³-hybridized carbons (Fsp3) is 0.409. The van der Waals surface area contributed by atoms with Crippen molar-refractivity contribution in [1.82, 2.24) is 25.1 Å². The van der Waals surface area contributed by atoms with E-state index < -0.39 is 6.04 Å². The standard InChI is InChI=1S/C22H26FN5O/c1-22(2,3)28-21(24-25-26-28)20(19-17(23)10-7-11-18(19)29-4)27-13-12-15-8-5-6-9-16(15)14-27/h5-11,20H,12-14H2,1-4H3. The molecule has 1 aliphatic rings. The van der Waals surface area contributed by atoms with Crippen molar-refractivity contribution in [1.29, 1.82) is 0 Å². The van der Waals surface area contributed by atoms with Crippen LogP contribution in [0, 0.1) is 5.82 Å². The van der Waals surface area contributed by atoms with Crippen LogP contribution in [-0.2, 0) is 18.5 Å². The summed E-state index contributed by atoms with van der Waals surface area (Å²) in [6.07, 6.45) is 0.889. The molecule has 0 aliphatic carbocycles. The molecule has 7 heteroatoms. The highest BCUT2D eigenvalue weighted by molar-refractivity contribution is 5.41. The first kappa shape index (κ1) is 19.5. The van der Waals surface area contributed by atoms with Crippen molar-refractivity contribution in [3.05, 3.63) is 70.8 Å². The largest absolute Gasteiger partial charge is 0.496 e. The number of nitrogens with zero attached hydrogens (tertiary/aromatic N) is 5. The summed E-state index contributed by atoms with van der Waals surface area (Å²) in [5.74, 6) is 0.786. The summed E-state index contributed by atoms with van der Waals surface area (Å²) < 4.78 is 22.5. The summed E-state index contributed by atoms with van der Waals surface area (Å²) in [6.45, 7) is 7.57. The normalized spacial score (nSPS) is 15.8. The highest BCUT2D eigenvalue weighted by Gasteiger charge is 2.36. The summed E-state index contributed by atoms with van der Waals surface area (Å²) >= 11 is 0. The van der Waals surface area contributed by atoms with E-state index in [0.717, 1.165) is 13.0 Å². The lowest BCUT2D eigenvalue weighted by Gasteiger charge is -2.36. The molecule has 2 aromatic carbocycles. The van der Waals surface area contributed by atoms with Gasteiger partial charge in [0.2, 0.25) is 0 Å². The van der Waals surface area contributed by atoms with Gasteiger partial charge in [0.15, 0.2) is 5.82 Å². The highest BCUT2D eigenvalue weighted by Crippen LogP contribution is 2.39. The predicted molar refractivity (Wildman–Crippen MR) is 108 cm³/mol. The fourth-order valence-electron chi connectivity index (χ4n) is 4.02. The lowest BCUT2D eigenvalue weighted by molar-refractivity contribution is 0.179. The molecule has 0 radical (unpaired) electrons. The van der Waals surface area contributed by atoms with E-state index in [4.69, 9.17) is 4.74 Å². The Balaban J connectivity index is 1.87. The molecule has 0 spiro atoms. The second-order valence-electron chi connectivity index (χ2n) is 8.37. The van der Waals surface area contributed by atoms with Crippen LogP contribution in [0.1, 0.15) is 49.3 Å². The Kier molecular flexibility index (Phi) is 5.08. The second-order valence-corrected chi connectivity index (χ2v) is 8.37. The number of hydrogen-bond donors (Lipinski definition) is 0. The number of rotatable bonds is 4. The molecular weight excluding hydrogens is 369 g/mol. The maximum atomic E-state index is 15.2. The van der Waals surface area contributed by atoms with Crippen LogP contribution >= 0.6 is 0 Å². The smallest absolute Gasteiger partial charge is 0.173 e. The van der Waals surface area contributed by atoms with Crippen molar-refractivity contribution >= 4 is 0 Å². The molecule has 1 aliphatic heterocycles. The molecule has 2 heterocycles. The number of benzene rings is 2. The number of aromatic nitrogens is 4. The topological polar surface area (TPSA) is 56.1 Å². The highest BCUT2D eigenvalue weighted by atomic mass is 19.1. The Morgan fingerprint density at radius 2 is 1.83 bits per heavy atom. The van der Waals surface area contributed by atoms with Crippen molar-refractivity contribution in [3.63, 3.8) is 0 Å². The van der Waals surface area contributed by atoms with E-state index >= 15 is 4.39 Å². The third-order valence-corrected chi connectivity index (χ3v) is 5.41. The van der Waals surface area contributed by atoms with E-state index in [9.17, 15) is 0 Å². The summed E-state index contributed by atoms with van der Waals surface area (Å²) in [5.41, 5.74) is 2.70. The molecule has 0 amide bonds. The maximum Gasteiger partial charge on any atom is 0.173 e. The zero-order chi connectivity index (χ0) is 20.6. The van der Waals surface area contributed by atoms with E-state index in [-0.39, 0.29) is 11.4 Å². The molecule has 0 bridgehead atoms. The fourth-order valence-corrected chi connectivity index (χ4v) is 4.02. The van der Waals surface area contributed by atoms with Gasteiger partial charge in [-0.25, -0.2) is 9.07 Å². The number of ether oxygens (including phenoxy) is 1. The molecular formula is C22H26FN5O. The van der Waals surface area contributed by atoms with Crippen LogP contribution in [0.5, 0.6) is 5.75 Å². The molecule has 3 aromatic rings. The van der Waals surface area contributed by atoms with Crippen molar-refractivity contribution in [2.45, 2.75) is 45.3 Å². The van der Waals surface area contributed by atoms with Crippen LogP contribution in [0.3, 0.4) is 0 Å². The molecule has 1 unspecified atom stereocenters. The molecule has 0 saturated heterocycles. The maximum absolute atomic E-state index is 15.2. The average molecular weight is 395 g/mol. The summed E-state index contributed by atoms with van der Waals surface area (Å²) in [4.78, 5) is 2.23. The van der Waals surface area contributed by atoms with Gasteiger partial charge < -0.3 is 4.74 Å². The number of halogens is 1. The van der Waals surface area contributed by atoms with E-state index in [1.165, 1.54) is 17.2 Å².